The molecule has 1 aliphatic heterocycles. The van der Waals surface area contributed by atoms with E-state index in [1.165, 1.54) is 17.0 Å². The van der Waals surface area contributed by atoms with Crippen molar-refractivity contribution in [1.82, 2.24) is 4.90 Å². The summed E-state index contributed by atoms with van der Waals surface area (Å²) < 4.78 is 19.0. The number of nitrogens with zero attached hydrogens (tertiary/aromatic N) is 1. The molecular weight excluding hydrogens is 371 g/mol. The van der Waals surface area contributed by atoms with E-state index in [4.69, 9.17) is 10.5 Å². The number of hydrogen-bond donors (Lipinski definition) is 1. The monoisotopic (exact) mass is 386 g/mol. The summed E-state index contributed by atoms with van der Waals surface area (Å²) >= 11 is 3.13. The van der Waals surface area contributed by atoms with Gasteiger partial charge in [-0.25, -0.2) is 9.18 Å². The predicted octanol–water partition coefficient (Wildman–Crippen LogP) is 1.47. The van der Waals surface area contributed by atoms with Gasteiger partial charge in [-0.3, -0.25) is 9.59 Å². The van der Waals surface area contributed by atoms with Crippen molar-refractivity contribution in [3.63, 3.8) is 0 Å². The number of halogens is 2. The number of carbonyl (C=O) groups excluding carboxylic acids is 3. The quantitative estimate of drug-likeness (QED) is 0.793. The predicted molar refractivity (Wildman–Crippen MR) is 82.9 cm³/mol. The van der Waals surface area contributed by atoms with E-state index in [1.807, 2.05) is 0 Å². The Hall–Kier alpha value is -1.96. The molecule has 1 fully saturated rings. The molecule has 6 nitrogen and oxygen atoms in total. The average molecular weight is 387 g/mol. The second-order valence-corrected chi connectivity index (χ2v) is 6.20. The number of rotatable bonds is 4. The molecule has 1 saturated heterocycles. The number of carbonyl (C=O) groups is 3. The highest BCUT2D eigenvalue weighted by Gasteiger charge is 2.27. The van der Waals surface area contributed by atoms with E-state index in [1.54, 1.807) is 0 Å². The van der Waals surface area contributed by atoms with Crippen LogP contribution in [0.2, 0.25) is 0 Å². The zero-order valence-electron chi connectivity index (χ0n) is 12.3. The minimum atomic E-state index is -0.916. The lowest BCUT2D eigenvalue weighted by atomic mass is 9.97. The van der Waals surface area contributed by atoms with Crippen LogP contribution in [-0.2, 0) is 14.3 Å². The molecule has 0 bridgehead atoms. The van der Waals surface area contributed by atoms with Crippen molar-refractivity contribution < 1.29 is 23.5 Å². The van der Waals surface area contributed by atoms with Gasteiger partial charge in [-0.05, 0) is 31.0 Å². The van der Waals surface area contributed by atoms with Gasteiger partial charge < -0.3 is 15.4 Å². The molecule has 0 spiro atoms. The van der Waals surface area contributed by atoms with Crippen LogP contribution in [-0.4, -0.2) is 42.4 Å². The Morgan fingerprint density at radius 2 is 2.13 bits per heavy atom. The highest BCUT2D eigenvalue weighted by molar-refractivity contribution is 9.10. The summed E-state index contributed by atoms with van der Waals surface area (Å²) in [7, 11) is 0. The number of amides is 2. The molecule has 1 aromatic carbocycles. The van der Waals surface area contributed by atoms with Crippen molar-refractivity contribution in [2.24, 2.45) is 11.7 Å². The van der Waals surface area contributed by atoms with E-state index in [9.17, 15) is 18.8 Å². The van der Waals surface area contributed by atoms with E-state index in [2.05, 4.69) is 15.9 Å². The van der Waals surface area contributed by atoms with Crippen molar-refractivity contribution in [2.75, 3.05) is 19.7 Å². The van der Waals surface area contributed by atoms with Crippen molar-refractivity contribution in [2.45, 2.75) is 12.8 Å². The largest absolute Gasteiger partial charge is 0.452 e. The first kappa shape index (κ1) is 17.4. The van der Waals surface area contributed by atoms with Crippen LogP contribution in [0, 0.1) is 11.7 Å². The maximum absolute atomic E-state index is 13.6. The van der Waals surface area contributed by atoms with Crippen LogP contribution in [0.3, 0.4) is 0 Å². The Balaban J connectivity index is 1.92. The third-order valence-electron chi connectivity index (χ3n) is 3.65. The Bertz CT molecular complexity index is 638. The summed E-state index contributed by atoms with van der Waals surface area (Å²) in [6, 6.07) is 3.87. The fourth-order valence-electron chi connectivity index (χ4n) is 2.39. The maximum atomic E-state index is 13.6. The number of benzene rings is 1. The lowest BCUT2D eigenvalue weighted by Crippen LogP contribution is -2.45. The van der Waals surface area contributed by atoms with Crippen LogP contribution in [0.5, 0.6) is 0 Å². The van der Waals surface area contributed by atoms with Gasteiger partial charge in [0.1, 0.15) is 5.82 Å². The van der Waals surface area contributed by atoms with Gasteiger partial charge in [-0.2, -0.15) is 0 Å². The highest BCUT2D eigenvalue weighted by Crippen LogP contribution is 2.18. The van der Waals surface area contributed by atoms with E-state index in [-0.39, 0.29) is 18.0 Å². The number of nitrogens with two attached hydrogens (primary N) is 1. The van der Waals surface area contributed by atoms with Gasteiger partial charge in [0, 0.05) is 17.6 Å². The third-order valence-corrected chi connectivity index (χ3v) is 4.14. The molecule has 2 rings (SSSR count). The fraction of sp³-hybridized carbons (Fsp3) is 0.400. The molecule has 0 aliphatic carbocycles. The second kappa shape index (κ2) is 7.54. The summed E-state index contributed by atoms with van der Waals surface area (Å²) in [6.07, 6.45) is 1.30. The number of esters is 1. The Morgan fingerprint density at radius 1 is 1.39 bits per heavy atom. The van der Waals surface area contributed by atoms with Gasteiger partial charge in [0.2, 0.25) is 5.91 Å². The van der Waals surface area contributed by atoms with Gasteiger partial charge in [0.15, 0.2) is 6.61 Å². The number of likely N-dealkylation sites (tertiary alicyclic amines) is 1. The standard InChI is InChI=1S/C15H16BrFN2O4/c16-10-3-4-12(17)11(6-10)15(22)23-8-13(20)19-5-1-2-9(7-19)14(18)21/h3-4,6,9H,1-2,5,7-8H2,(H2,18,21)/t9-/m0/s1. The number of ether oxygens (including phenoxy) is 1. The van der Waals surface area contributed by atoms with E-state index >= 15 is 0 Å². The molecular formula is C15H16BrFN2O4. The number of hydrogen-bond acceptors (Lipinski definition) is 4. The Morgan fingerprint density at radius 3 is 2.83 bits per heavy atom. The molecule has 23 heavy (non-hydrogen) atoms. The first-order chi connectivity index (χ1) is 10.9. The van der Waals surface area contributed by atoms with Crippen LogP contribution in [0.4, 0.5) is 4.39 Å². The summed E-state index contributed by atoms with van der Waals surface area (Å²) in [5.41, 5.74) is 5.00. The van der Waals surface area contributed by atoms with E-state index in [0.29, 0.717) is 23.9 Å². The SMILES string of the molecule is NC(=O)[C@H]1CCCN(C(=O)COC(=O)c2cc(Br)ccc2F)C1. The van der Waals surface area contributed by atoms with E-state index in [0.717, 1.165) is 6.07 Å². The molecule has 1 atom stereocenters. The van der Waals surface area contributed by atoms with Crippen LogP contribution >= 0.6 is 15.9 Å². The Labute approximate surface area is 140 Å². The average Bonchev–Trinajstić information content (AvgIpc) is 2.54. The smallest absolute Gasteiger partial charge is 0.341 e. The van der Waals surface area contributed by atoms with Gasteiger partial charge in [0.05, 0.1) is 11.5 Å². The van der Waals surface area contributed by atoms with Crippen LogP contribution < -0.4 is 5.73 Å². The molecule has 2 amide bonds. The summed E-state index contributed by atoms with van der Waals surface area (Å²) in [4.78, 5) is 36.5. The first-order valence-electron chi connectivity index (χ1n) is 7.07. The van der Waals surface area contributed by atoms with Crippen molar-refractivity contribution >= 4 is 33.7 Å². The van der Waals surface area contributed by atoms with E-state index < -0.39 is 30.2 Å². The zero-order chi connectivity index (χ0) is 17.0. The highest BCUT2D eigenvalue weighted by atomic mass is 79.9. The lowest BCUT2D eigenvalue weighted by molar-refractivity contribution is -0.137. The first-order valence-corrected chi connectivity index (χ1v) is 7.87. The number of primary amides is 1. The van der Waals surface area contributed by atoms with Crippen molar-refractivity contribution in [1.29, 1.82) is 0 Å². The maximum Gasteiger partial charge on any atom is 0.341 e. The van der Waals surface area contributed by atoms with Crippen molar-refractivity contribution in [3.05, 3.63) is 34.1 Å². The van der Waals surface area contributed by atoms with Crippen LogP contribution in [0.15, 0.2) is 22.7 Å². The van der Waals surface area contributed by atoms with Crippen LogP contribution in [0.25, 0.3) is 0 Å². The molecule has 0 radical (unpaired) electrons. The minimum Gasteiger partial charge on any atom is -0.452 e. The van der Waals surface area contributed by atoms with Crippen LogP contribution in [0.1, 0.15) is 23.2 Å². The second-order valence-electron chi connectivity index (χ2n) is 5.28. The Kier molecular flexibility index (Phi) is 5.70. The summed E-state index contributed by atoms with van der Waals surface area (Å²) in [6.45, 7) is 0.193. The molecule has 1 aliphatic rings. The van der Waals surface area contributed by atoms with Gasteiger partial charge in [-0.1, -0.05) is 15.9 Å². The zero-order valence-corrected chi connectivity index (χ0v) is 13.8. The minimum absolute atomic E-state index is 0.219. The van der Waals surface area contributed by atoms with Crippen molar-refractivity contribution in [3.8, 4) is 0 Å². The molecule has 2 N–H and O–H groups in total. The molecule has 124 valence electrons. The molecule has 0 saturated carbocycles. The fourth-order valence-corrected chi connectivity index (χ4v) is 2.75. The molecule has 0 unspecified atom stereocenters. The third kappa shape index (κ3) is 4.51. The van der Waals surface area contributed by atoms with Gasteiger partial charge in [0.25, 0.3) is 5.91 Å². The molecule has 1 heterocycles. The topological polar surface area (TPSA) is 89.7 Å². The molecule has 0 aromatic heterocycles. The summed E-state index contributed by atoms with van der Waals surface area (Å²) in [5, 5.41) is 0. The van der Waals surface area contributed by atoms with Gasteiger partial charge >= 0.3 is 5.97 Å². The summed E-state index contributed by atoms with van der Waals surface area (Å²) in [5.74, 6) is -2.90. The molecule has 1 aromatic rings. The number of piperidine rings is 1. The lowest BCUT2D eigenvalue weighted by Gasteiger charge is -2.31. The van der Waals surface area contributed by atoms with Gasteiger partial charge in [-0.15, -0.1) is 0 Å². The molecule has 8 heteroatoms. The normalized spacial score (nSPS) is 17.7.